The Morgan fingerprint density at radius 2 is 1.60 bits per heavy atom. The lowest BCUT2D eigenvalue weighted by molar-refractivity contribution is 0.0694. The normalized spacial score (nSPS) is 9.60. The molecule has 3 nitrogen and oxygen atoms in total. The third-order valence-corrected chi connectivity index (χ3v) is 2.09. The number of phenols is 1. The van der Waals surface area contributed by atoms with Crippen molar-refractivity contribution in [1.82, 2.24) is 0 Å². The number of fused-ring (bicyclic) bond motifs is 1. The van der Waals surface area contributed by atoms with Crippen molar-refractivity contribution in [3.05, 3.63) is 42.0 Å². The molecular weight excluding hydrogens is 207 g/mol. The molecule has 0 aliphatic rings. The van der Waals surface area contributed by atoms with E-state index in [1.807, 2.05) is 18.2 Å². The molecule has 76 valence electrons. The maximum Gasteiger partial charge on any atom is 0.339 e. The highest BCUT2D eigenvalue weighted by Crippen LogP contribution is 2.24. The van der Waals surface area contributed by atoms with E-state index in [9.17, 15) is 9.90 Å². The van der Waals surface area contributed by atoms with Crippen molar-refractivity contribution >= 4 is 34.1 Å². The van der Waals surface area contributed by atoms with Crippen LogP contribution in [0.1, 0.15) is 10.4 Å². The molecule has 0 unspecified atom stereocenters. The van der Waals surface area contributed by atoms with Gasteiger partial charge in [0.2, 0.25) is 0 Å². The Hall–Kier alpha value is -1.50. The average Bonchev–Trinajstić information content (AvgIpc) is 2.16. The molecule has 0 aliphatic carbocycles. The maximum absolute atomic E-state index is 10.7. The van der Waals surface area contributed by atoms with Gasteiger partial charge in [-0.25, -0.2) is 4.79 Å². The third-order valence-electron chi connectivity index (χ3n) is 2.09. The lowest BCUT2D eigenvalue weighted by Gasteiger charge is -2.02. The monoisotopic (exact) mass is 218 g/mol. The predicted octanol–water partition coefficient (Wildman–Crippen LogP) is 1.06. The van der Waals surface area contributed by atoms with E-state index in [-0.39, 0.29) is 28.7 Å². The summed E-state index contributed by atoms with van der Waals surface area (Å²) in [4.78, 5) is 10.7. The van der Waals surface area contributed by atoms with Gasteiger partial charge in [-0.3, -0.25) is 0 Å². The summed E-state index contributed by atoms with van der Waals surface area (Å²) in [5, 5.41) is 19.8. The first-order chi connectivity index (χ1) is 6.68. The van der Waals surface area contributed by atoms with E-state index < -0.39 is 5.97 Å². The predicted molar refractivity (Wildman–Crippen MR) is 62.5 cm³/mol. The fraction of sp³-hybridized carbons (Fsp3) is 0. The number of carbonyl (C=O) groups is 1. The molecule has 0 radical (unpaired) electrons. The van der Waals surface area contributed by atoms with E-state index in [0.717, 1.165) is 10.8 Å². The average molecular weight is 218 g/mol. The third kappa shape index (κ3) is 2.12. The quantitative estimate of drug-likeness (QED) is 0.703. The van der Waals surface area contributed by atoms with Gasteiger partial charge in [0, 0.05) is 0 Å². The molecule has 0 aliphatic heterocycles. The van der Waals surface area contributed by atoms with Gasteiger partial charge in [0.25, 0.3) is 0 Å². The minimum Gasteiger partial charge on any atom is -0.507 e. The number of hydrogen-bond donors (Lipinski definition) is 2. The van der Waals surface area contributed by atoms with Crippen LogP contribution >= 0.6 is 0 Å². The molecule has 2 rings (SSSR count). The van der Waals surface area contributed by atoms with Crippen LogP contribution in [0.15, 0.2) is 36.4 Å². The van der Waals surface area contributed by atoms with E-state index in [2.05, 4.69) is 0 Å². The minimum atomic E-state index is -1.12. The van der Waals surface area contributed by atoms with Crippen LogP contribution in [0.4, 0.5) is 0 Å². The van der Waals surface area contributed by atoms with Gasteiger partial charge in [-0.05, 0) is 22.9 Å². The van der Waals surface area contributed by atoms with E-state index in [4.69, 9.17) is 5.11 Å². The molecule has 0 amide bonds. The summed E-state index contributed by atoms with van der Waals surface area (Å²) < 4.78 is 0. The molecule has 0 aromatic heterocycles. The molecule has 0 saturated heterocycles. The van der Waals surface area contributed by atoms with E-state index in [1.54, 1.807) is 6.07 Å². The number of rotatable bonds is 1. The first kappa shape index (κ1) is 11.6. The molecule has 0 atom stereocenters. The second kappa shape index (κ2) is 4.35. The van der Waals surface area contributed by atoms with Gasteiger partial charge in [-0.15, -0.1) is 0 Å². The lowest BCUT2D eigenvalue weighted by atomic mass is 10.1. The molecule has 2 N–H and O–H groups in total. The summed E-state index contributed by atoms with van der Waals surface area (Å²) in [5.41, 5.74) is -0.0660. The van der Waals surface area contributed by atoms with Crippen LogP contribution < -0.4 is 0 Å². The van der Waals surface area contributed by atoms with E-state index in [0.29, 0.717) is 0 Å². The summed E-state index contributed by atoms with van der Waals surface area (Å²) in [5.74, 6) is -1.32. The van der Waals surface area contributed by atoms with Gasteiger partial charge in [0.1, 0.15) is 11.3 Å². The standard InChI is InChI=1S/C11H8O3.Al.3H/c12-10-6-8-4-2-1-3-7(8)5-9(10)11(13)14;;;;/h1-6,12H,(H,13,14);;;;. The number of carboxylic acid groups (broad SMARTS) is 1. The van der Waals surface area contributed by atoms with Crippen molar-refractivity contribution in [3.63, 3.8) is 0 Å². The second-order valence-corrected chi connectivity index (χ2v) is 3.02. The molecule has 0 spiro atoms. The number of hydrogen-bond acceptors (Lipinski definition) is 2. The molecule has 15 heavy (non-hydrogen) atoms. The molecule has 4 heteroatoms. The first-order valence-corrected chi connectivity index (χ1v) is 4.13. The van der Waals surface area contributed by atoms with Gasteiger partial charge in [-0.1, -0.05) is 24.3 Å². The van der Waals surface area contributed by atoms with Crippen LogP contribution in [-0.2, 0) is 0 Å². The van der Waals surface area contributed by atoms with Crippen LogP contribution in [-0.4, -0.2) is 33.5 Å². The summed E-state index contributed by atoms with van der Waals surface area (Å²) in [6.07, 6.45) is 0. The van der Waals surface area contributed by atoms with Crippen molar-refractivity contribution in [2.24, 2.45) is 0 Å². The van der Waals surface area contributed by atoms with Crippen molar-refractivity contribution in [2.45, 2.75) is 0 Å². The molecule has 0 heterocycles. The Morgan fingerprint density at radius 3 is 2.13 bits per heavy atom. The second-order valence-electron chi connectivity index (χ2n) is 3.02. The van der Waals surface area contributed by atoms with Crippen LogP contribution in [0.5, 0.6) is 5.75 Å². The smallest absolute Gasteiger partial charge is 0.339 e. The largest absolute Gasteiger partial charge is 0.507 e. The maximum atomic E-state index is 10.7. The number of carboxylic acids is 1. The Morgan fingerprint density at radius 1 is 1.07 bits per heavy atom. The van der Waals surface area contributed by atoms with Crippen LogP contribution in [0.3, 0.4) is 0 Å². The van der Waals surface area contributed by atoms with Gasteiger partial charge >= 0.3 is 5.97 Å². The van der Waals surface area contributed by atoms with Crippen LogP contribution in [0, 0.1) is 0 Å². The van der Waals surface area contributed by atoms with Gasteiger partial charge < -0.3 is 10.2 Å². The van der Waals surface area contributed by atoms with Crippen molar-refractivity contribution < 1.29 is 15.0 Å². The molecule has 2 aromatic carbocycles. The number of benzene rings is 2. The summed E-state index contributed by atoms with van der Waals surface area (Å²) in [7, 11) is 0. The zero-order chi connectivity index (χ0) is 10.1. The highest BCUT2D eigenvalue weighted by atomic mass is 27.0. The summed E-state index contributed by atoms with van der Waals surface area (Å²) in [6, 6.07) is 10.2. The fourth-order valence-corrected chi connectivity index (χ4v) is 1.40. The number of aromatic hydroxyl groups is 1. The van der Waals surface area contributed by atoms with Crippen LogP contribution in [0.25, 0.3) is 10.8 Å². The number of aromatic carboxylic acids is 1. The Kier molecular flexibility index (Phi) is 3.36. The van der Waals surface area contributed by atoms with Crippen molar-refractivity contribution in [2.75, 3.05) is 0 Å². The lowest BCUT2D eigenvalue weighted by Crippen LogP contribution is -1.96. The molecule has 0 saturated carbocycles. The molecule has 2 aromatic rings. The minimum absolute atomic E-state index is 0. The van der Waals surface area contributed by atoms with E-state index >= 15 is 0 Å². The van der Waals surface area contributed by atoms with Crippen molar-refractivity contribution in [3.8, 4) is 5.75 Å². The molecule has 0 fully saturated rings. The Labute approximate surface area is 97.1 Å². The highest BCUT2D eigenvalue weighted by Gasteiger charge is 2.09. The Bertz CT molecular complexity index is 508. The van der Waals surface area contributed by atoms with Gasteiger partial charge in [-0.2, -0.15) is 0 Å². The van der Waals surface area contributed by atoms with Crippen LogP contribution in [0.2, 0.25) is 0 Å². The van der Waals surface area contributed by atoms with Crippen molar-refractivity contribution in [1.29, 1.82) is 0 Å². The summed E-state index contributed by atoms with van der Waals surface area (Å²) in [6.45, 7) is 0. The topological polar surface area (TPSA) is 57.5 Å². The molecule has 0 bridgehead atoms. The highest BCUT2D eigenvalue weighted by molar-refractivity contribution is 5.97. The zero-order valence-electron chi connectivity index (χ0n) is 7.27. The first-order valence-electron chi connectivity index (χ1n) is 4.13. The zero-order valence-corrected chi connectivity index (χ0v) is 7.27. The Balaban J connectivity index is 0.00000112. The van der Waals surface area contributed by atoms with E-state index in [1.165, 1.54) is 12.1 Å². The fourth-order valence-electron chi connectivity index (χ4n) is 1.40. The van der Waals surface area contributed by atoms with Gasteiger partial charge in [0.05, 0.1) is 0 Å². The van der Waals surface area contributed by atoms with Gasteiger partial charge in [0.15, 0.2) is 17.4 Å². The molecular formula is C11H11AlO3. The SMILES string of the molecule is O=C(O)c1cc2ccccc2cc1O.[AlH3]. The summed E-state index contributed by atoms with van der Waals surface area (Å²) >= 11 is 0.